The molecule has 5 nitrogen and oxygen atoms in total. The Morgan fingerprint density at radius 3 is 2.12 bits per heavy atom. The molecule has 0 heterocycles. The van der Waals surface area contributed by atoms with Crippen LogP contribution in [-0.2, 0) is 9.68 Å². The normalized spacial score (nSPS) is 15.3. The molecule has 0 fully saturated rings. The van der Waals surface area contributed by atoms with Crippen molar-refractivity contribution in [1.82, 2.24) is 0 Å². The van der Waals surface area contributed by atoms with Crippen LogP contribution < -0.4 is 0 Å². The molecule has 25 heavy (non-hydrogen) atoms. The van der Waals surface area contributed by atoms with Gasteiger partial charge in [0.25, 0.3) is 0 Å². The molecule has 0 spiro atoms. The first kappa shape index (κ1) is 23.1. The summed E-state index contributed by atoms with van der Waals surface area (Å²) in [6, 6.07) is 0. The van der Waals surface area contributed by atoms with Crippen LogP contribution in [0.3, 0.4) is 0 Å². The van der Waals surface area contributed by atoms with Gasteiger partial charge in [0.2, 0.25) is 0 Å². The highest BCUT2D eigenvalue weighted by molar-refractivity contribution is 5.66. The van der Waals surface area contributed by atoms with E-state index in [0.29, 0.717) is 12.8 Å². The van der Waals surface area contributed by atoms with Crippen LogP contribution in [0.5, 0.6) is 0 Å². The van der Waals surface area contributed by atoms with Crippen molar-refractivity contribution in [2.45, 2.75) is 57.7 Å². The lowest BCUT2D eigenvalue weighted by Gasteiger charge is -2.06. The van der Waals surface area contributed by atoms with Crippen molar-refractivity contribution in [3.05, 3.63) is 60.8 Å². The van der Waals surface area contributed by atoms with E-state index in [0.717, 1.165) is 19.3 Å². The Balaban J connectivity index is 3.86. The lowest BCUT2D eigenvalue weighted by Crippen LogP contribution is -2.08. The van der Waals surface area contributed by atoms with Gasteiger partial charge in [-0.25, -0.2) is 4.89 Å². The summed E-state index contributed by atoms with van der Waals surface area (Å²) in [4.78, 5) is 14.7. The molecule has 0 amide bonds. The van der Waals surface area contributed by atoms with Crippen molar-refractivity contribution >= 4 is 5.97 Å². The molecule has 3 N–H and O–H groups in total. The van der Waals surface area contributed by atoms with Gasteiger partial charge in [0.15, 0.2) is 0 Å². The van der Waals surface area contributed by atoms with Gasteiger partial charge in [-0.1, -0.05) is 67.7 Å². The predicted molar refractivity (Wildman–Crippen MR) is 100 cm³/mol. The second kappa shape index (κ2) is 16.9. The van der Waals surface area contributed by atoms with Gasteiger partial charge in [0, 0.05) is 6.42 Å². The minimum absolute atomic E-state index is 0.0672. The van der Waals surface area contributed by atoms with E-state index in [1.54, 1.807) is 18.2 Å². The smallest absolute Gasteiger partial charge is 0.303 e. The largest absolute Gasteiger partial charge is 0.481 e. The van der Waals surface area contributed by atoms with E-state index in [2.05, 4.69) is 11.0 Å². The second-order valence-corrected chi connectivity index (χ2v) is 5.47. The Kier molecular flexibility index (Phi) is 15.6. The van der Waals surface area contributed by atoms with Crippen LogP contribution in [0.15, 0.2) is 60.8 Å². The van der Waals surface area contributed by atoms with Crippen LogP contribution in [0.4, 0.5) is 0 Å². The number of aliphatic hydroxyl groups excluding tert-OH is 1. The molecule has 140 valence electrons. The van der Waals surface area contributed by atoms with Crippen molar-refractivity contribution in [2.75, 3.05) is 0 Å². The molecule has 0 bridgehead atoms. The topological polar surface area (TPSA) is 87.0 Å². The summed E-state index contributed by atoms with van der Waals surface area (Å²) in [7, 11) is 0. The Morgan fingerprint density at radius 2 is 1.60 bits per heavy atom. The second-order valence-electron chi connectivity index (χ2n) is 5.47. The molecular formula is C20H30O5. The minimum Gasteiger partial charge on any atom is -0.481 e. The van der Waals surface area contributed by atoms with E-state index in [4.69, 9.17) is 10.4 Å². The first-order chi connectivity index (χ1) is 12.1. The van der Waals surface area contributed by atoms with Crippen molar-refractivity contribution in [2.24, 2.45) is 0 Å². The van der Waals surface area contributed by atoms with Gasteiger partial charge < -0.3 is 10.2 Å². The predicted octanol–water partition coefficient (Wildman–Crippen LogP) is 4.43. The number of carboxylic acid groups (broad SMARTS) is 1. The number of aliphatic carboxylic acids is 1. The number of rotatable bonds is 14. The number of aliphatic hydroxyl groups is 1. The van der Waals surface area contributed by atoms with Crippen LogP contribution in [0, 0.1) is 0 Å². The van der Waals surface area contributed by atoms with Crippen molar-refractivity contribution < 1.29 is 25.2 Å². The maximum Gasteiger partial charge on any atom is 0.303 e. The molecule has 0 unspecified atom stereocenters. The summed E-state index contributed by atoms with van der Waals surface area (Å²) < 4.78 is 0. The fourth-order valence-corrected chi connectivity index (χ4v) is 1.82. The van der Waals surface area contributed by atoms with E-state index < -0.39 is 12.1 Å². The molecule has 0 saturated carbocycles. The lowest BCUT2D eigenvalue weighted by molar-refractivity contribution is -0.267. The van der Waals surface area contributed by atoms with Crippen molar-refractivity contribution in [1.29, 1.82) is 0 Å². The maximum absolute atomic E-state index is 10.4. The molecular weight excluding hydrogens is 320 g/mol. The number of hydrogen-bond acceptors (Lipinski definition) is 4. The van der Waals surface area contributed by atoms with Crippen LogP contribution >= 0.6 is 0 Å². The quantitative estimate of drug-likeness (QED) is 0.187. The molecule has 0 aromatic carbocycles. The maximum atomic E-state index is 10.4. The van der Waals surface area contributed by atoms with Gasteiger partial charge >= 0.3 is 5.97 Å². The zero-order valence-electron chi connectivity index (χ0n) is 14.8. The van der Waals surface area contributed by atoms with Crippen LogP contribution in [0.1, 0.15) is 45.4 Å². The van der Waals surface area contributed by atoms with Gasteiger partial charge in [-0.05, 0) is 32.1 Å². The number of allylic oxidation sites excluding steroid dienone is 8. The zero-order chi connectivity index (χ0) is 18.8. The Hall–Kier alpha value is -1.95. The van der Waals surface area contributed by atoms with Crippen molar-refractivity contribution in [3.8, 4) is 0 Å². The number of carbonyl (C=O) groups is 1. The Bertz CT molecular complexity index is 474. The van der Waals surface area contributed by atoms with Gasteiger partial charge in [-0.2, -0.15) is 0 Å². The lowest BCUT2D eigenvalue weighted by atomic mass is 10.1. The summed E-state index contributed by atoms with van der Waals surface area (Å²) in [5.41, 5.74) is 0. The molecule has 0 aliphatic carbocycles. The van der Waals surface area contributed by atoms with Crippen LogP contribution in [0.2, 0.25) is 0 Å². The van der Waals surface area contributed by atoms with Crippen LogP contribution in [-0.4, -0.2) is 33.6 Å². The monoisotopic (exact) mass is 350 g/mol. The fraction of sp³-hybridized carbons (Fsp3) is 0.450. The Morgan fingerprint density at radius 1 is 1.00 bits per heavy atom. The highest BCUT2D eigenvalue weighted by atomic mass is 17.1. The molecule has 0 aliphatic heterocycles. The third kappa shape index (κ3) is 16.7. The molecule has 0 aliphatic rings. The summed E-state index contributed by atoms with van der Waals surface area (Å²) in [6.45, 7) is 1.93. The standard InChI is InChI=1S/C20H30O5/c1-2-18(21)14-11-9-7-5-3-4-6-8-10-12-15-19(25-24)16-13-17-20(22)23/h3-4,7-12,14-15,18-19,21,24H,2,5-6,13,16-17H2,1H3,(H,22,23)/b4-3-,9-7-,10-8-,14-11+,15-12+/t18-,19-/m1/s1. The summed E-state index contributed by atoms with van der Waals surface area (Å²) in [5.74, 6) is -0.850. The average Bonchev–Trinajstić information content (AvgIpc) is 2.60. The fourth-order valence-electron chi connectivity index (χ4n) is 1.82. The van der Waals surface area contributed by atoms with Crippen LogP contribution in [0.25, 0.3) is 0 Å². The molecule has 0 saturated heterocycles. The molecule has 5 heteroatoms. The van der Waals surface area contributed by atoms with E-state index in [9.17, 15) is 9.90 Å². The zero-order valence-corrected chi connectivity index (χ0v) is 14.8. The summed E-state index contributed by atoms with van der Waals surface area (Å²) in [5, 5.41) is 26.6. The van der Waals surface area contributed by atoms with Gasteiger partial charge in [-0.15, -0.1) is 0 Å². The third-order valence-corrected chi connectivity index (χ3v) is 3.30. The van der Waals surface area contributed by atoms with E-state index >= 15 is 0 Å². The SMILES string of the molecule is CC[C@@H](O)/C=C/C=C\C/C=C\C/C=C\C=C\[C@H](CCCC(=O)O)OO. The minimum atomic E-state index is -0.850. The third-order valence-electron chi connectivity index (χ3n) is 3.30. The van der Waals surface area contributed by atoms with Crippen molar-refractivity contribution in [3.63, 3.8) is 0 Å². The Labute approximate surface area is 150 Å². The van der Waals surface area contributed by atoms with Gasteiger partial charge in [0.1, 0.15) is 6.10 Å². The van der Waals surface area contributed by atoms with E-state index in [-0.39, 0.29) is 12.5 Å². The molecule has 0 aromatic rings. The number of hydrogen-bond donors (Lipinski definition) is 3. The highest BCUT2D eigenvalue weighted by Gasteiger charge is 2.05. The van der Waals surface area contributed by atoms with E-state index in [1.807, 2.05) is 43.4 Å². The highest BCUT2D eigenvalue weighted by Crippen LogP contribution is 2.06. The first-order valence-corrected chi connectivity index (χ1v) is 8.61. The number of carboxylic acids is 1. The molecule has 2 atom stereocenters. The van der Waals surface area contributed by atoms with Gasteiger partial charge in [0.05, 0.1) is 6.10 Å². The molecule has 0 rings (SSSR count). The first-order valence-electron chi connectivity index (χ1n) is 8.61. The summed E-state index contributed by atoms with van der Waals surface area (Å²) >= 11 is 0. The molecule has 0 aromatic heterocycles. The van der Waals surface area contributed by atoms with Gasteiger partial charge in [-0.3, -0.25) is 10.1 Å². The molecule has 0 radical (unpaired) electrons. The van der Waals surface area contributed by atoms with E-state index in [1.165, 1.54) is 0 Å². The average molecular weight is 350 g/mol. The summed E-state index contributed by atoms with van der Waals surface area (Å²) in [6.07, 6.45) is 21.4.